The van der Waals surface area contributed by atoms with Crippen molar-refractivity contribution in [1.29, 1.82) is 0 Å². The molecule has 0 fully saturated rings. The SMILES string of the molecule is Cc1cc2cc(C)c1CCOC(=O)Nc1cccc(c1)C(CC=O)NC(=O)[C@@H]2Nc1ccc2cc[nH]c(=O)c2c1. The fraction of sp³-hybridized carbons (Fsp3) is 0.226. The third-order valence-electron chi connectivity index (χ3n) is 7.17. The van der Waals surface area contributed by atoms with Crippen LogP contribution < -0.4 is 21.5 Å². The number of benzene rings is 3. The number of rotatable bonds is 4. The molecule has 0 saturated heterocycles. The Morgan fingerprint density at radius 2 is 1.77 bits per heavy atom. The molecular weight excluding hydrogens is 508 g/mol. The van der Waals surface area contributed by atoms with Crippen molar-refractivity contribution in [2.75, 3.05) is 17.2 Å². The van der Waals surface area contributed by atoms with E-state index in [1.807, 2.05) is 44.2 Å². The molecule has 1 aromatic heterocycles. The zero-order chi connectivity index (χ0) is 28.2. The van der Waals surface area contributed by atoms with Crippen LogP contribution in [-0.2, 0) is 20.7 Å². The van der Waals surface area contributed by atoms with Crippen molar-refractivity contribution in [3.63, 3.8) is 0 Å². The summed E-state index contributed by atoms with van der Waals surface area (Å²) in [6.45, 7) is 4.10. The lowest BCUT2D eigenvalue weighted by molar-refractivity contribution is -0.122. The molecule has 2 aliphatic heterocycles. The second kappa shape index (κ2) is 11.4. The molecule has 1 unspecified atom stereocenters. The van der Waals surface area contributed by atoms with Crippen molar-refractivity contribution in [3.8, 4) is 0 Å². The molecule has 40 heavy (non-hydrogen) atoms. The highest BCUT2D eigenvalue weighted by Crippen LogP contribution is 2.29. The monoisotopic (exact) mass is 538 g/mol. The van der Waals surface area contributed by atoms with Gasteiger partial charge in [-0.15, -0.1) is 0 Å². The number of fused-ring (bicyclic) bond motifs is 10. The van der Waals surface area contributed by atoms with Crippen LogP contribution in [0.4, 0.5) is 16.2 Å². The Kier molecular flexibility index (Phi) is 7.63. The molecule has 0 radical (unpaired) electrons. The summed E-state index contributed by atoms with van der Waals surface area (Å²) in [6.07, 6.45) is 2.32. The van der Waals surface area contributed by atoms with E-state index in [-0.39, 0.29) is 24.5 Å². The molecule has 6 rings (SSSR count). The smallest absolute Gasteiger partial charge is 0.411 e. The Bertz CT molecular complexity index is 1640. The molecule has 3 aromatic carbocycles. The lowest BCUT2D eigenvalue weighted by atomic mass is 9.93. The number of anilines is 2. The van der Waals surface area contributed by atoms with Gasteiger partial charge in [-0.2, -0.15) is 0 Å². The number of nitrogens with one attached hydrogen (secondary N) is 4. The highest BCUT2D eigenvalue weighted by Gasteiger charge is 2.26. The van der Waals surface area contributed by atoms with Crippen molar-refractivity contribution < 1.29 is 19.1 Å². The summed E-state index contributed by atoms with van der Waals surface area (Å²) >= 11 is 0. The largest absolute Gasteiger partial charge is 0.449 e. The van der Waals surface area contributed by atoms with E-state index in [1.54, 1.807) is 36.5 Å². The van der Waals surface area contributed by atoms with Gasteiger partial charge in [0.25, 0.3) is 5.56 Å². The number of hydrogen-bond donors (Lipinski definition) is 4. The minimum atomic E-state index is -0.826. The van der Waals surface area contributed by atoms with Gasteiger partial charge in [-0.3, -0.25) is 14.9 Å². The Hall–Kier alpha value is -4.92. The number of aromatic nitrogens is 1. The standard InChI is InChI=1S/C31H30N4O5/c1-18-14-22-15-19(2)25(18)10-13-40-31(39)34-23-5-3-4-21(16-23)27(9-12-36)35-30(38)28(22)33-24-7-6-20-8-11-32-29(37)26(20)17-24/h3-8,11-12,14-17,27-28,33H,9-10,13H2,1-2H3,(H,32,37)(H,34,39)(H,35,38)/t27?,28-/m1/s1. The Morgan fingerprint density at radius 3 is 2.55 bits per heavy atom. The first-order valence-electron chi connectivity index (χ1n) is 13.1. The van der Waals surface area contributed by atoms with Crippen molar-refractivity contribution in [3.05, 3.63) is 105 Å². The lowest BCUT2D eigenvalue weighted by Crippen LogP contribution is -2.36. The van der Waals surface area contributed by atoms with Gasteiger partial charge in [0.15, 0.2) is 0 Å². The Labute approximate surface area is 230 Å². The maximum Gasteiger partial charge on any atom is 0.411 e. The van der Waals surface area contributed by atoms with Gasteiger partial charge in [0.1, 0.15) is 12.3 Å². The quantitative estimate of drug-likeness (QED) is 0.275. The number of carbonyl (C=O) groups is 3. The topological polar surface area (TPSA) is 129 Å². The number of ether oxygens (including phenoxy) is 1. The van der Waals surface area contributed by atoms with E-state index in [0.717, 1.165) is 33.9 Å². The second-order valence-corrected chi connectivity index (χ2v) is 9.92. The fourth-order valence-electron chi connectivity index (χ4n) is 5.19. The average molecular weight is 539 g/mol. The van der Waals surface area contributed by atoms with E-state index in [9.17, 15) is 19.2 Å². The minimum Gasteiger partial charge on any atom is -0.449 e. The number of H-pyrrole nitrogens is 1. The predicted octanol–water partition coefficient (Wildman–Crippen LogP) is 4.85. The van der Waals surface area contributed by atoms with E-state index in [2.05, 4.69) is 20.9 Å². The summed E-state index contributed by atoms with van der Waals surface area (Å²) < 4.78 is 5.42. The van der Waals surface area contributed by atoms with Crippen LogP contribution in [0.25, 0.3) is 10.8 Å². The first-order valence-corrected chi connectivity index (χ1v) is 13.1. The number of aromatic amines is 1. The van der Waals surface area contributed by atoms with Crippen LogP contribution in [0.5, 0.6) is 0 Å². The van der Waals surface area contributed by atoms with Crippen LogP contribution in [0.15, 0.2) is 71.7 Å². The average Bonchev–Trinajstić information content (AvgIpc) is 2.93. The zero-order valence-corrected chi connectivity index (χ0v) is 22.2. The molecule has 0 saturated carbocycles. The van der Waals surface area contributed by atoms with Gasteiger partial charge >= 0.3 is 6.09 Å². The molecule has 9 heteroatoms. The lowest BCUT2D eigenvalue weighted by Gasteiger charge is -2.26. The van der Waals surface area contributed by atoms with Crippen LogP contribution in [-0.4, -0.2) is 29.9 Å². The van der Waals surface area contributed by atoms with Gasteiger partial charge in [-0.25, -0.2) is 4.79 Å². The van der Waals surface area contributed by atoms with E-state index >= 15 is 0 Å². The molecule has 204 valence electrons. The Balaban J connectivity index is 1.59. The van der Waals surface area contributed by atoms with Crippen molar-refractivity contribution in [1.82, 2.24) is 10.3 Å². The van der Waals surface area contributed by atoms with Crippen LogP contribution in [0.1, 0.15) is 46.3 Å². The first kappa shape index (κ1) is 26.7. The summed E-state index contributed by atoms with van der Waals surface area (Å²) in [7, 11) is 0. The third-order valence-corrected chi connectivity index (χ3v) is 7.17. The summed E-state index contributed by atoms with van der Waals surface area (Å²) in [5.41, 5.74) is 5.19. The maximum absolute atomic E-state index is 13.9. The number of aldehydes is 1. The van der Waals surface area contributed by atoms with E-state index in [0.29, 0.717) is 28.7 Å². The van der Waals surface area contributed by atoms with E-state index in [4.69, 9.17) is 4.74 Å². The molecule has 2 aliphatic rings. The van der Waals surface area contributed by atoms with Crippen molar-refractivity contribution in [2.24, 2.45) is 0 Å². The molecule has 4 N–H and O–H groups in total. The first-order chi connectivity index (χ1) is 19.3. The number of pyridine rings is 1. The molecule has 4 bridgehead atoms. The summed E-state index contributed by atoms with van der Waals surface area (Å²) in [5.74, 6) is -0.342. The van der Waals surface area contributed by atoms with Crippen LogP contribution in [0, 0.1) is 13.8 Å². The van der Waals surface area contributed by atoms with Gasteiger partial charge in [-0.1, -0.05) is 30.3 Å². The van der Waals surface area contributed by atoms with Crippen LogP contribution in [0.3, 0.4) is 0 Å². The second-order valence-electron chi connectivity index (χ2n) is 9.92. The third kappa shape index (κ3) is 5.73. The van der Waals surface area contributed by atoms with Gasteiger partial charge in [0, 0.05) is 35.8 Å². The van der Waals surface area contributed by atoms with Crippen LogP contribution >= 0.6 is 0 Å². The summed E-state index contributed by atoms with van der Waals surface area (Å²) in [5, 5.41) is 10.3. The van der Waals surface area contributed by atoms with Gasteiger partial charge in [0.2, 0.25) is 5.91 Å². The molecule has 3 heterocycles. The van der Waals surface area contributed by atoms with Gasteiger partial charge in [0.05, 0.1) is 12.6 Å². The number of hydrogen-bond acceptors (Lipinski definition) is 6. The molecular formula is C31H30N4O5. The highest BCUT2D eigenvalue weighted by atomic mass is 16.5. The normalized spacial score (nSPS) is 17.6. The van der Waals surface area contributed by atoms with Gasteiger partial charge in [-0.05, 0) is 77.4 Å². The molecule has 4 aromatic rings. The predicted molar refractivity (Wildman–Crippen MR) is 154 cm³/mol. The van der Waals surface area contributed by atoms with Gasteiger partial charge < -0.3 is 25.1 Å². The van der Waals surface area contributed by atoms with Crippen molar-refractivity contribution >= 4 is 40.4 Å². The molecule has 9 nitrogen and oxygen atoms in total. The van der Waals surface area contributed by atoms with Crippen molar-refractivity contribution in [2.45, 2.75) is 38.8 Å². The zero-order valence-electron chi connectivity index (χ0n) is 22.2. The Morgan fingerprint density at radius 1 is 0.975 bits per heavy atom. The molecule has 0 aliphatic carbocycles. The summed E-state index contributed by atoms with van der Waals surface area (Å²) in [4.78, 5) is 53.1. The number of amides is 2. The van der Waals surface area contributed by atoms with E-state index in [1.165, 1.54) is 0 Å². The molecule has 2 amide bonds. The van der Waals surface area contributed by atoms with E-state index < -0.39 is 18.2 Å². The summed E-state index contributed by atoms with van der Waals surface area (Å²) in [6, 6.07) is 16.6. The van der Waals surface area contributed by atoms with Crippen LogP contribution in [0.2, 0.25) is 0 Å². The number of carbonyl (C=O) groups excluding carboxylic acids is 3. The molecule has 0 spiro atoms. The fourth-order valence-corrected chi connectivity index (χ4v) is 5.19. The minimum absolute atomic E-state index is 0.0364. The maximum atomic E-state index is 13.9. The molecule has 2 atom stereocenters. The number of aryl methyl sites for hydroxylation is 2. The highest BCUT2D eigenvalue weighted by molar-refractivity contribution is 5.89.